The van der Waals surface area contributed by atoms with Crippen LogP contribution in [-0.2, 0) is 4.74 Å². The van der Waals surface area contributed by atoms with Crippen molar-refractivity contribution < 1.29 is 18.9 Å². The highest BCUT2D eigenvalue weighted by molar-refractivity contribution is 5.89. The van der Waals surface area contributed by atoms with Crippen molar-refractivity contribution in [1.29, 1.82) is 0 Å². The molecule has 0 saturated carbocycles. The Labute approximate surface area is 156 Å². The van der Waals surface area contributed by atoms with E-state index in [1.165, 1.54) is 25.5 Å². The zero-order chi connectivity index (χ0) is 20.3. The molecule has 0 bridgehead atoms. The van der Waals surface area contributed by atoms with Crippen molar-refractivity contribution in [2.75, 3.05) is 7.11 Å². The van der Waals surface area contributed by atoms with Gasteiger partial charge in [0.25, 0.3) is 0 Å². The minimum Gasteiger partial charge on any atom is -0.465 e. The van der Waals surface area contributed by atoms with E-state index in [-0.39, 0.29) is 5.69 Å². The molecule has 142 valence electrons. The van der Waals surface area contributed by atoms with Gasteiger partial charge in [0.2, 0.25) is 0 Å². The fourth-order valence-corrected chi connectivity index (χ4v) is 2.46. The lowest BCUT2D eigenvalue weighted by atomic mass is 10.1. The van der Waals surface area contributed by atoms with Crippen LogP contribution in [0, 0.1) is 10.1 Å². The van der Waals surface area contributed by atoms with Gasteiger partial charge < -0.3 is 14.1 Å². The first-order chi connectivity index (χ1) is 13.4. The predicted molar refractivity (Wildman–Crippen MR) is 98.7 cm³/mol. The molecule has 0 unspecified atom stereocenters. The lowest BCUT2D eigenvalue weighted by molar-refractivity contribution is -0.386. The van der Waals surface area contributed by atoms with Gasteiger partial charge in [-0.1, -0.05) is 12.1 Å². The Kier molecular flexibility index (Phi) is 5.03. The molecule has 2 heterocycles. The average Bonchev–Trinajstić information content (AvgIpc) is 3.14. The van der Waals surface area contributed by atoms with Crippen LogP contribution in [0.1, 0.15) is 21.6 Å². The number of esters is 1. The lowest BCUT2D eigenvalue weighted by Crippen LogP contribution is -2.25. The number of nitrogens with one attached hydrogen (secondary N) is 2. The molecule has 0 aliphatic carbocycles. The second-order valence-corrected chi connectivity index (χ2v) is 5.57. The number of nitrogens with zero attached hydrogens (tertiary/aromatic N) is 1. The Morgan fingerprint density at radius 3 is 2.54 bits per heavy atom. The zero-order valence-corrected chi connectivity index (χ0v) is 14.4. The van der Waals surface area contributed by atoms with Crippen LogP contribution in [0.5, 0.6) is 0 Å². The van der Waals surface area contributed by atoms with E-state index in [0.29, 0.717) is 22.5 Å². The van der Waals surface area contributed by atoms with Crippen LogP contribution in [0.3, 0.4) is 0 Å². The molecule has 3 rings (SSSR count). The first kappa shape index (κ1) is 18.6. The van der Waals surface area contributed by atoms with Crippen LogP contribution in [-0.4, -0.2) is 28.0 Å². The zero-order valence-electron chi connectivity index (χ0n) is 14.4. The van der Waals surface area contributed by atoms with Crippen LogP contribution < -0.4 is 11.2 Å². The van der Waals surface area contributed by atoms with E-state index < -0.39 is 27.8 Å². The van der Waals surface area contributed by atoms with Gasteiger partial charge >= 0.3 is 22.9 Å². The summed E-state index contributed by atoms with van der Waals surface area (Å²) in [6.45, 7) is 0. The van der Waals surface area contributed by atoms with Gasteiger partial charge in [-0.25, -0.2) is 9.59 Å². The average molecular weight is 383 g/mol. The van der Waals surface area contributed by atoms with Crippen molar-refractivity contribution >= 4 is 23.8 Å². The fraction of sp³-hybridized carbons (Fsp3) is 0.0556. The van der Waals surface area contributed by atoms with Crippen molar-refractivity contribution in [1.82, 2.24) is 9.97 Å². The maximum Gasteiger partial charge on any atom is 0.357 e. The third kappa shape index (κ3) is 3.80. The highest BCUT2D eigenvalue weighted by Gasteiger charge is 2.18. The summed E-state index contributed by atoms with van der Waals surface area (Å²) in [7, 11) is 1.29. The second kappa shape index (κ2) is 7.58. The van der Waals surface area contributed by atoms with E-state index >= 15 is 0 Å². The van der Waals surface area contributed by atoms with E-state index in [1.54, 1.807) is 30.3 Å². The van der Waals surface area contributed by atoms with Gasteiger partial charge in [-0.2, -0.15) is 0 Å². The van der Waals surface area contributed by atoms with E-state index in [9.17, 15) is 24.5 Å². The first-order valence-electron chi connectivity index (χ1n) is 7.85. The lowest BCUT2D eigenvalue weighted by Gasteiger charge is -2.00. The van der Waals surface area contributed by atoms with Gasteiger partial charge in [-0.3, -0.25) is 19.9 Å². The molecule has 0 radical (unpaired) electrons. The number of H-pyrrole nitrogens is 2. The molecular weight excluding hydrogens is 370 g/mol. The Morgan fingerprint density at radius 1 is 1.18 bits per heavy atom. The smallest absolute Gasteiger partial charge is 0.357 e. The van der Waals surface area contributed by atoms with Crippen molar-refractivity contribution in [3.05, 3.63) is 84.4 Å². The van der Waals surface area contributed by atoms with Crippen LogP contribution in [0.4, 0.5) is 5.69 Å². The minimum absolute atomic E-state index is 0.232. The molecule has 0 amide bonds. The van der Waals surface area contributed by atoms with E-state index in [0.717, 1.165) is 0 Å². The minimum atomic E-state index is -1.09. The quantitative estimate of drug-likeness (QED) is 0.390. The predicted octanol–water partition coefficient (Wildman–Crippen LogP) is 2.19. The SMILES string of the molecule is COC(=O)c1ccc(-c2cc(C=Cc3[nH]c(=O)[nH]c(=O)c3[N+](=O)[O-])co2)cc1. The van der Waals surface area contributed by atoms with Crippen LogP contribution >= 0.6 is 0 Å². The summed E-state index contributed by atoms with van der Waals surface area (Å²) in [6, 6.07) is 8.18. The highest BCUT2D eigenvalue weighted by atomic mass is 16.6. The number of furan rings is 1. The van der Waals surface area contributed by atoms with Gasteiger partial charge in [0.15, 0.2) is 0 Å². The van der Waals surface area contributed by atoms with Crippen molar-refractivity contribution in [2.24, 2.45) is 0 Å². The third-order valence-corrected chi connectivity index (χ3v) is 3.78. The Hall–Kier alpha value is -4.21. The number of nitro groups is 1. The summed E-state index contributed by atoms with van der Waals surface area (Å²) < 4.78 is 10.1. The van der Waals surface area contributed by atoms with E-state index in [1.807, 2.05) is 4.98 Å². The molecule has 10 nitrogen and oxygen atoms in total. The van der Waals surface area contributed by atoms with Gasteiger partial charge in [0, 0.05) is 11.1 Å². The molecule has 28 heavy (non-hydrogen) atoms. The fourth-order valence-electron chi connectivity index (χ4n) is 2.46. The molecule has 2 N–H and O–H groups in total. The Morgan fingerprint density at radius 2 is 1.89 bits per heavy atom. The molecule has 0 saturated heterocycles. The van der Waals surface area contributed by atoms with E-state index in [4.69, 9.17) is 4.42 Å². The van der Waals surface area contributed by atoms with E-state index in [2.05, 4.69) is 9.72 Å². The summed E-state index contributed by atoms with van der Waals surface area (Å²) in [5.74, 6) is 0.0352. The van der Waals surface area contributed by atoms with Crippen LogP contribution in [0.15, 0.2) is 50.6 Å². The number of ether oxygens (including phenoxy) is 1. The number of hydrogen-bond acceptors (Lipinski definition) is 7. The summed E-state index contributed by atoms with van der Waals surface area (Å²) in [6.07, 6.45) is 4.09. The summed E-state index contributed by atoms with van der Waals surface area (Å²) in [5.41, 5.74) is -1.31. The molecule has 0 atom stereocenters. The summed E-state index contributed by atoms with van der Waals surface area (Å²) >= 11 is 0. The normalized spacial score (nSPS) is 10.9. The van der Waals surface area contributed by atoms with Gasteiger partial charge in [-0.05, 0) is 30.4 Å². The third-order valence-electron chi connectivity index (χ3n) is 3.78. The molecule has 3 aromatic rings. The van der Waals surface area contributed by atoms with Crippen molar-refractivity contribution in [2.45, 2.75) is 0 Å². The molecule has 2 aromatic heterocycles. The summed E-state index contributed by atoms with van der Waals surface area (Å²) in [4.78, 5) is 48.6. The largest absolute Gasteiger partial charge is 0.465 e. The number of rotatable bonds is 5. The molecule has 0 aliphatic rings. The van der Waals surface area contributed by atoms with Gasteiger partial charge in [-0.15, -0.1) is 0 Å². The number of carbonyl (C=O) groups excluding carboxylic acids is 1. The summed E-state index contributed by atoms with van der Waals surface area (Å²) in [5, 5.41) is 11.0. The monoisotopic (exact) mass is 383 g/mol. The van der Waals surface area contributed by atoms with Crippen molar-refractivity contribution in [3.63, 3.8) is 0 Å². The number of aromatic amines is 2. The molecular formula is C18H13N3O7. The first-order valence-corrected chi connectivity index (χ1v) is 7.85. The van der Waals surface area contributed by atoms with Gasteiger partial charge in [0.05, 0.1) is 23.9 Å². The second-order valence-electron chi connectivity index (χ2n) is 5.57. The topological polar surface area (TPSA) is 148 Å². The Bertz CT molecular complexity index is 1180. The number of methoxy groups -OCH3 is 1. The Balaban J connectivity index is 1.88. The molecule has 1 aromatic carbocycles. The van der Waals surface area contributed by atoms with Crippen LogP contribution in [0.25, 0.3) is 23.5 Å². The molecule has 0 spiro atoms. The molecule has 10 heteroatoms. The maximum atomic E-state index is 11.6. The number of carbonyl (C=O) groups is 1. The number of benzene rings is 1. The maximum absolute atomic E-state index is 11.6. The number of aromatic nitrogens is 2. The molecule has 0 aliphatic heterocycles. The van der Waals surface area contributed by atoms with Crippen LogP contribution in [0.2, 0.25) is 0 Å². The van der Waals surface area contributed by atoms with Crippen molar-refractivity contribution in [3.8, 4) is 11.3 Å². The highest BCUT2D eigenvalue weighted by Crippen LogP contribution is 2.24. The number of hydrogen-bond donors (Lipinski definition) is 2. The molecule has 0 fully saturated rings. The van der Waals surface area contributed by atoms with Gasteiger partial charge in [0.1, 0.15) is 11.5 Å². The standard InChI is InChI=1S/C18H13N3O7/c1-27-17(23)12-5-3-11(4-6-12)14-8-10(9-28-14)2-7-13-15(21(25)26)16(22)20-18(24)19-13/h2-9H,1H3,(H2,19,20,22,24).